The number of nitrogens with zero attached hydrogens (tertiary/aromatic N) is 1. The van der Waals surface area contributed by atoms with E-state index in [0.29, 0.717) is 18.5 Å². The SMILES string of the molecule is Cc1ccc([C@H]2CCCN2C(=O)CCNC(=O)c2ccsc2)s1. The minimum atomic E-state index is -0.106. The molecular formula is C17H20N2O2S2. The van der Waals surface area contributed by atoms with Gasteiger partial charge in [-0.2, -0.15) is 11.3 Å². The van der Waals surface area contributed by atoms with Crippen LogP contribution in [-0.2, 0) is 4.79 Å². The lowest BCUT2D eigenvalue weighted by Gasteiger charge is -2.24. The lowest BCUT2D eigenvalue weighted by Crippen LogP contribution is -2.34. The van der Waals surface area contributed by atoms with Crippen molar-refractivity contribution in [1.82, 2.24) is 10.2 Å². The smallest absolute Gasteiger partial charge is 0.252 e. The Morgan fingerprint density at radius 1 is 1.35 bits per heavy atom. The van der Waals surface area contributed by atoms with Crippen molar-refractivity contribution < 1.29 is 9.59 Å². The molecule has 1 aliphatic rings. The Morgan fingerprint density at radius 2 is 2.22 bits per heavy atom. The molecule has 2 aromatic rings. The van der Waals surface area contributed by atoms with Crippen LogP contribution in [0.3, 0.4) is 0 Å². The van der Waals surface area contributed by atoms with Gasteiger partial charge in [0.1, 0.15) is 0 Å². The molecule has 0 aliphatic carbocycles. The van der Waals surface area contributed by atoms with Gasteiger partial charge in [0.25, 0.3) is 5.91 Å². The van der Waals surface area contributed by atoms with Crippen molar-refractivity contribution in [3.63, 3.8) is 0 Å². The maximum Gasteiger partial charge on any atom is 0.252 e. The summed E-state index contributed by atoms with van der Waals surface area (Å²) in [6.07, 6.45) is 2.44. The zero-order valence-corrected chi connectivity index (χ0v) is 14.7. The van der Waals surface area contributed by atoms with Crippen LogP contribution in [0.5, 0.6) is 0 Å². The predicted molar refractivity (Wildman–Crippen MR) is 94.0 cm³/mol. The van der Waals surface area contributed by atoms with Gasteiger partial charge in [0.15, 0.2) is 0 Å². The highest BCUT2D eigenvalue weighted by Crippen LogP contribution is 2.35. The zero-order valence-electron chi connectivity index (χ0n) is 13.1. The molecule has 3 rings (SSSR count). The molecule has 122 valence electrons. The van der Waals surface area contributed by atoms with Crippen LogP contribution in [-0.4, -0.2) is 29.8 Å². The predicted octanol–water partition coefficient (Wildman–Crippen LogP) is 3.60. The highest BCUT2D eigenvalue weighted by atomic mass is 32.1. The first kappa shape index (κ1) is 16.2. The van der Waals surface area contributed by atoms with Gasteiger partial charge in [-0.05, 0) is 43.3 Å². The van der Waals surface area contributed by atoms with E-state index in [1.165, 1.54) is 21.1 Å². The summed E-state index contributed by atoms with van der Waals surface area (Å²) in [5.74, 6) is 0.0232. The molecule has 2 aromatic heterocycles. The van der Waals surface area contributed by atoms with Gasteiger partial charge in [-0.1, -0.05) is 0 Å². The molecule has 0 unspecified atom stereocenters. The van der Waals surface area contributed by atoms with Gasteiger partial charge in [0.05, 0.1) is 6.04 Å². The van der Waals surface area contributed by atoms with E-state index in [4.69, 9.17) is 0 Å². The molecule has 0 spiro atoms. The Bertz CT molecular complexity index is 679. The second-order valence-corrected chi connectivity index (χ2v) is 7.81. The van der Waals surface area contributed by atoms with Crippen molar-refractivity contribution in [3.8, 4) is 0 Å². The summed E-state index contributed by atoms with van der Waals surface area (Å²) in [6.45, 7) is 3.30. The summed E-state index contributed by atoms with van der Waals surface area (Å²) in [5, 5.41) is 6.51. The number of rotatable bonds is 5. The van der Waals surface area contributed by atoms with Crippen LogP contribution in [0.15, 0.2) is 29.0 Å². The number of hydrogen-bond donors (Lipinski definition) is 1. The van der Waals surface area contributed by atoms with Crippen LogP contribution in [0.1, 0.15) is 45.4 Å². The molecular weight excluding hydrogens is 328 g/mol. The monoisotopic (exact) mass is 348 g/mol. The summed E-state index contributed by atoms with van der Waals surface area (Å²) >= 11 is 3.26. The molecule has 1 N–H and O–H groups in total. The van der Waals surface area contributed by atoms with Crippen molar-refractivity contribution >= 4 is 34.5 Å². The van der Waals surface area contributed by atoms with E-state index in [1.807, 2.05) is 15.7 Å². The van der Waals surface area contributed by atoms with E-state index in [0.717, 1.165) is 19.4 Å². The van der Waals surface area contributed by atoms with Gasteiger partial charge in [-0.25, -0.2) is 0 Å². The summed E-state index contributed by atoms with van der Waals surface area (Å²) < 4.78 is 0. The lowest BCUT2D eigenvalue weighted by molar-refractivity contribution is -0.131. The molecule has 23 heavy (non-hydrogen) atoms. The number of thiophene rings is 2. The first-order valence-electron chi connectivity index (χ1n) is 7.81. The van der Waals surface area contributed by atoms with Crippen LogP contribution in [0.4, 0.5) is 0 Å². The Morgan fingerprint density at radius 3 is 2.91 bits per heavy atom. The number of amides is 2. The van der Waals surface area contributed by atoms with Gasteiger partial charge in [-0.15, -0.1) is 11.3 Å². The first-order valence-corrected chi connectivity index (χ1v) is 9.57. The quantitative estimate of drug-likeness (QED) is 0.897. The molecule has 0 aromatic carbocycles. The summed E-state index contributed by atoms with van der Waals surface area (Å²) in [5.41, 5.74) is 0.663. The third-order valence-corrected chi connectivity index (χ3v) is 5.86. The lowest BCUT2D eigenvalue weighted by atomic mass is 10.2. The second-order valence-electron chi connectivity index (χ2n) is 5.71. The number of hydrogen-bond acceptors (Lipinski definition) is 4. The molecule has 0 radical (unpaired) electrons. The topological polar surface area (TPSA) is 49.4 Å². The molecule has 0 saturated carbocycles. The summed E-state index contributed by atoms with van der Waals surface area (Å²) in [7, 11) is 0. The van der Waals surface area contributed by atoms with E-state index < -0.39 is 0 Å². The van der Waals surface area contributed by atoms with Gasteiger partial charge < -0.3 is 10.2 Å². The Labute approximate surface area is 144 Å². The number of carbonyl (C=O) groups excluding carboxylic acids is 2. The third-order valence-electron chi connectivity index (χ3n) is 4.07. The highest BCUT2D eigenvalue weighted by Gasteiger charge is 2.30. The van der Waals surface area contributed by atoms with Gasteiger partial charge >= 0.3 is 0 Å². The van der Waals surface area contributed by atoms with E-state index in [9.17, 15) is 9.59 Å². The molecule has 6 heteroatoms. The molecule has 2 amide bonds. The van der Waals surface area contributed by atoms with Crippen LogP contribution < -0.4 is 5.32 Å². The standard InChI is InChI=1S/C17H20N2O2S2/c1-12-4-5-15(23-12)14-3-2-9-19(14)16(20)6-8-18-17(21)13-7-10-22-11-13/h4-5,7,10-11,14H,2-3,6,8-9H2,1H3,(H,18,21)/t14-/m1/s1. The fraction of sp³-hybridized carbons (Fsp3) is 0.412. The number of carbonyl (C=O) groups is 2. The number of aryl methyl sites for hydroxylation is 1. The average molecular weight is 348 g/mol. The normalized spacial score (nSPS) is 17.4. The Kier molecular flexibility index (Phi) is 5.13. The zero-order chi connectivity index (χ0) is 16.2. The summed E-state index contributed by atoms with van der Waals surface area (Å²) in [6, 6.07) is 6.25. The Balaban J connectivity index is 1.52. The fourth-order valence-electron chi connectivity index (χ4n) is 2.92. The molecule has 1 atom stereocenters. The number of likely N-dealkylation sites (tertiary alicyclic amines) is 1. The molecule has 1 aliphatic heterocycles. The van der Waals surface area contributed by atoms with Crippen molar-refractivity contribution in [2.24, 2.45) is 0 Å². The maximum atomic E-state index is 12.5. The molecule has 3 heterocycles. The van der Waals surface area contributed by atoms with Crippen LogP contribution in [0, 0.1) is 6.92 Å². The summed E-state index contributed by atoms with van der Waals surface area (Å²) in [4.78, 5) is 28.9. The molecule has 0 bridgehead atoms. The van der Waals surface area contributed by atoms with Gasteiger partial charge in [0, 0.05) is 40.2 Å². The first-order chi connectivity index (χ1) is 11.1. The van der Waals surface area contributed by atoms with E-state index in [-0.39, 0.29) is 17.9 Å². The van der Waals surface area contributed by atoms with E-state index in [1.54, 1.807) is 17.4 Å². The maximum absolute atomic E-state index is 12.5. The van der Waals surface area contributed by atoms with Crippen LogP contribution >= 0.6 is 22.7 Å². The third kappa shape index (κ3) is 3.82. The highest BCUT2D eigenvalue weighted by molar-refractivity contribution is 7.12. The molecule has 1 fully saturated rings. The van der Waals surface area contributed by atoms with Crippen molar-refractivity contribution in [2.45, 2.75) is 32.2 Å². The Hall–Kier alpha value is -1.66. The minimum Gasteiger partial charge on any atom is -0.351 e. The van der Waals surface area contributed by atoms with Crippen molar-refractivity contribution in [3.05, 3.63) is 44.3 Å². The van der Waals surface area contributed by atoms with Gasteiger partial charge in [-0.3, -0.25) is 9.59 Å². The van der Waals surface area contributed by atoms with Crippen LogP contribution in [0.2, 0.25) is 0 Å². The number of nitrogens with one attached hydrogen (secondary N) is 1. The molecule has 4 nitrogen and oxygen atoms in total. The largest absolute Gasteiger partial charge is 0.351 e. The minimum absolute atomic E-state index is 0.106. The van der Waals surface area contributed by atoms with Crippen LogP contribution in [0.25, 0.3) is 0 Å². The van der Waals surface area contributed by atoms with E-state index >= 15 is 0 Å². The second kappa shape index (κ2) is 7.27. The fourth-order valence-corrected chi connectivity index (χ4v) is 4.58. The van der Waals surface area contributed by atoms with Gasteiger partial charge in [0.2, 0.25) is 5.91 Å². The van der Waals surface area contributed by atoms with Crippen molar-refractivity contribution in [2.75, 3.05) is 13.1 Å². The van der Waals surface area contributed by atoms with E-state index in [2.05, 4.69) is 24.4 Å². The van der Waals surface area contributed by atoms with Crippen molar-refractivity contribution in [1.29, 1.82) is 0 Å². The average Bonchev–Trinajstić information content (AvgIpc) is 3.27. The molecule has 1 saturated heterocycles.